The molecule has 1 aliphatic rings. The van der Waals surface area contributed by atoms with Gasteiger partial charge in [-0.3, -0.25) is 14.6 Å². The summed E-state index contributed by atoms with van der Waals surface area (Å²) in [6.07, 6.45) is 2.82. The number of ether oxygens (including phenoxy) is 2. The Labute approximate surface area is 229 Å². The lowest BCUT2D eigenvalue weighted by atomic mass is 9.95. The molecule has 1 N–H and O–H groups in total. The molecule has 10 heteroatoms. The number of likely N-dealkylation sites (tertiary alicyclic amines) is 1. The third kappa shape index (κ3) is 5.37. The first-order chi connectivity index (χ1) is 18.1. The van der Waals surface area contributed by atoms with Gasteiger partial charge < -0.3 is 19.5 Å². The normalized spacial score (nSPS) is 16.7. The van der Waals surface area contributed by atoms with Crippen molar-refractivity contribution in [3.05, 3.63) is 98.8 Å². The number of aromatic nitrogens is 1. The number of Topliss-reactive ketones (excluding diaryl/α,β-unsaturated/α-hetero) is 1. The molecular formula is C28H24Cl2N2O6. The van der Waals surface area contributed by atoms with Gasteiger partial charge in [0.2, 0.25) is 0 Å². The zero-order valence-electron chi connectivity index (χ0n) is 20.8. The number of rotatable bonds is 7. The standard InChI is InChI=1S/C28H24Cl2N2O6/c1-15(2)38-28(36)17-8-6-16(7-9-17)14-32-23(18-5-4-10-31-13-18)22(25(34)27(32)35)24(33)20-11-19(29)12-21(30)26(20)37-3/h4-13,15,23,33H,14H2,1-3H3/b24-22+. The van der Waals surface area contributed by atoms with E-state index in [2.05, 4.69) is 4.98 Å². The van der Waals surface area contributed by atoms with Crippen molar-refractivity contribution in [2.45, 2.75) is 32.5 Å². The molecule has 1 aromatic heterocycles. The van der Waals surface area contributed by atoms with Crippen molar-refractivity contribution in [3.63, 3.8) is 0 Å². The van der Waals surface area contributed by atoms with Gasteiger partial charge in [-0.1, -0.05) is 41.4 Å². The van der Waals surface area contributed by atoms with Crippen molar-refractivity contribution >= 4 is 46.6 Å². The van der Waals surface area contributed by atoms with E-state index in [0.717, 1.165) is 0 Å². The maximum atomic E-state index is 13.3. The molecule has 8 nitrogen and oxygen atoms in total. The predicted molar refractivity (Wildman–Crippen MR) is 142 cm³/mol. The smallest absolute Gasteiger partial charge is 0.338 e. The van der Waals surface area contributed by atoms with E-state index in [4.69, 9.17) is 32.7 Å². The van der Waals surface area contributed by atoms with Crippen LogP contribution in [0.5, 0.6) is 5.75 Å². The van der Waals surface area contributed by atoms with Crippen LogP contribution in [0.3, 0.4) is 0 Å². The maximum Gasteiger partial charge on any atom is 0.338 e. The highest BCUT2D eigenvalue weighted by molar-refractivity contribution is 6.46. The molecule has 1 atom stereocenters. The van der Waals surface area contributed by atoms with Gasteiger partial charge in [0.1, 0.15) is 11.5 Å². The SMILES string of the molecule is COc1c(Cl)cc(Cl)cc1/C(O)=C1\C(=O)C(=O)N(Cc2ccc(C(=O)OC(C)C)cc2)C1c1cccnc1. The lowest BCUT2D eigenvalue weighted by Gasteiger charge is -2.25. The molecule has 3 aromatic rings. The van der Waals surface area contributed by atoms with Crippen LogP contribution >= 0.6 is 23.2 Å². The summed E-state index contributed by atoms with van der Waals surface area (Å²) >= 11 is 12.4. The number of aliphatic hydroxyl groups excluding tert-OH is 1. The summed E-state index contributed by atoms with van der Waals surface area (Å²) in [5.41, 5.74) is 1.45. The number of amides is 1. The second-order valence-corrected chi connectivity index (χ2v) is 9.68. The second kappa shape index (κ2) is 11.2. The monoisotopic (exact) mass is 554 g/mol. The lowest BCUT2D eigenvalue weighted by Crippen LogP contribution is -2.29. The van der Waals surface area contributed by atoms with Crippen LogP contribution in [0.1, 0.15) is 46.9 Å². The Kier molecular flexibility index (Phi) is 8.04. The highest BCUT2D eigenvalue weighted by Crippen LogP contribution is 2.43. The van der Waals surface area contributed by atoms with E-state index in [9.17, 15) is 19.5 Å². The van der Waals surface area contributed by atoms with Crippen LogP contribution in [0.25, 0.3) is 5.76 Å². The van der Waals surface area contributed by atoms with Crippen molar-refractivity contribution in [2.24, 2.45) is 0 Å². The number of benzene rings is 2. The molecule has 0 saturated carbocycles. The predicted octanol–water partition coefficient (Wildman–Crippen LogP) is 5.58. The number of carbonyl (C=O) groups is 3. The van der Waals surface area contributed by atoms with Crippen molar-refractivity contribution < 1.29 is 29.0 Å². The van der Waals surface area contributed by atoms with Gasteiger partial charge in [-0.2, -0.15) is 0 Å². The van der Waals surface area contributed by atoms with E-state index < -0.39 is 29.5 Å². The largest absolute Gasteiger partial charge is 0.507 e. The Morgan fingerprint density at radius 3 is 2.45 bits per heavy atom. The van der Waals surface area contributed by atoms with Gasteiger partial charge in [-0.25, -0.2) is 4.79 Å². The van der Waals surface area contributed by atoms with E-state index >= 15 is 0 Å². The molecule has 2 heterocycles. The summed E-state index contributed by atoms with van der Waals surface area (Å²) < 4.78 is 10.6. The first kappa shape index (κ1) is 27.2. The summed E-state index contributed by atoms with van der Waals surface area (Å²) in [4.78, 5) is 44.3. The van der Waals surface area contributed by atoms with Crippen LogP contribution in [0, 0.1) is 0 Å². The Bertz CT molecular complexity index is 1420. The molecule has 2 aromatic carbocycles. The zero-order valence-corrected chi connectivity index (χ0v) is 22.3. The second-order valence-electron chi connectivity index (χ2n) is 8.83. The molecule has 0 radical (unpaired) electrons. The summed E-state index contributed by atoms with van der Waals surface area (Å²) in [6, 6.07) is 11.8. The van der Waals surface area contributed by atoms with Crippen LogP contribution < -0.4 is 4.74 Å². The average Bonchev–Trinajstić information content (AvgIpc) is 3.13. The maximum absolute atomic E-state index is 13.3. The van der Waals surface area contributed by atoms with Crippen LogP contribution in [0.15, 0.2) is 66.5 Å². The van der Waals surface area contributed by atoms with Crippen LogP contribution in [0.2, 0.25) is 10.0 Å². The Morgan fingerprint density at radius 1 is 1.13 bits per heavy atom. The van der Waals surface area contributed by atoms with Gasteiger partial charge >= 0.3 is 5.97 Å². The van der Waals surface area contributed by atoms with Crippen molar-refractivity contribution in [1.29, 1.82) is 0 Å². The number of methoxy groups -OCH3 is 1. The fraction of sp³-hybridized carbons (Fsp3) is 0.214. The van der Waals surface area contributed by atoms with Gasteiger partial charge in [-0.05, 0) is 55.3 Å². The minimum Gasteiger partial charge on any atom is -0.507 e. The van der Waals surface area contributed by atoms with Crippen LogP contribution in [-0.4, -0.2) is 45.9 Å². The summed E-state index contributed by atoms with van der Waals surface area (Å²) in [6.45, 7) is 3.54. The number of carbonyl (C=O) groups excluding carboxylic acids is 3. The number of aliphatic hydroxyl groups is 1. The molecule has 1 unspecified atom stereocenters. The van der Waals surface area contributed by atoms with Crippen LogP contribution in [0.4, 0.5) is 0 Å². The third-order valence-corrected chi connectivity index (χ3v) is 6.39. The summed E-state index contributed by atoms with van der Waals surface area (Å²) in [5, 5.41) is 11.7. The highest BCUT2D eigenvalue weighted by atomic mass is 35.5. The molecule has 0 bridgehead atoms. The first-order valence-corrected chi connectivity index (χ1v) is 12.4. The lowest BCUT2D eigenvalue weighted by molar-refractivity contribution is -0.140. The quantitative estimate of drug-likeness (QED) is 0.176. The van der Waals surface area contributed by atoms with Gasteiger partial charge in [0.15, 0.2) is 0 Å². The molecule has 0 spiro atoms. The molecule has 196 valence electrons. The van der Waals surface area contributed by atoms with Crippen molar-refractivity contribution in [2.75, 3.05) is 7.11 Å². The van der Waals surface area contributed by atoms with E-state index in [1.54, 1.807) is 56.4 Å². The molecule has 1 saturated heterocycles. The Hall–Kier alpha value is -3.88. The summed E-state index contributed by atoms with van der Waals surface area (Å²) in [7, 11) is 1.36. The number of ketones is 1. The zero-order chi connectivity index (χ0) is 27.6. The van der Waals surface area contributed by atoms with E-state index in [-0.39, 0.29) is 39.6 Å². The van der Waals surface area contributed by atoms with Gasteiger partial charge in [-0.15, -0.1) is 0 Å². The average molecular weight is 555 g/mol. The molecule has 1 aliphatic heterocycles. The topological polar surface area (TPSA) is 106 Å². The number of pyridine rings is 1. The minimum atomic E-state index is -0.961. The van der Waals surface area contributed by atoms with E-state index in [0.29, 0.717) is 16.7 Å². The molecule has 1 amide bonds. The van der Waals surface area contributed by atoms with Crippen LogP contribution in [-0.2, 0) is 20.9 Å². The number of hydrogen-bond donors (Lipinski definition) is 1. The van der Waals surface area contributed by atoms with Gasteiger partial charge in [0.05, 0.1) is 41.0 Å². The molecule has 38 heavy (non-hydrogen) atoms. The molecule has 0 aliphatic carbocycles. The first-order valence-electron chi connectivity index (χ1n) is 11.6. The number of halogens is 2. The summed E-state index contributed by atoms with van der Waals surface area (Å²) in [5.74, 6) is -2.53. The highest BCUT2D eigenvalue weighted by Gasteiger charge is 2.46. The Morgan fingerprint density at radius 2 is 1.84 bits per heavy atom. The van der Waals surface area contributed by atoms with Gasteiger partial charge in [0, 0.05) is 24.0 Å². The third-order valence-electron chi connectivity index (χ3n) is 5.89. The molecule has 1 fully saturated rings. The molecular weight excluding hydrogens is 531 g/mol. The van der Waals surface area contributed by atoms with E-state index in [1.807, 2.05) is 0 Å². The minimum absolute atomic E-state index is 0.0217. The van der Waals surface area contributed by atoms with Crippen molar-refractivity contribution in [3.8, 4) is 5.75 Å². The number of hydrogen-bond acceptors (Lipinski definition) is 7. The fourth-order valence-corrected chi connectivity index (χ4v) is 4.81. The molecule has 4 rings (SSSR count). The fourth-order valence-electron chi connectivity index (χ4n) is 4.24. The number of esters is 1. The van der Waals surface area contributed by atoms with E-state index in [1.165, 1.54) is 30.3 Å². The van der Waals surface area contributed by atoms with Crippen molar-refractivity contribution in [1.82, 2.24) is 9.88 Å². The number of nitrogens with zero attached hydrogens (tertiary/aromatic N) is 2. The Balaban J connectivity index is 1.79. The van der Waals surface area contributed by atoms with Gasteiger partial charge in [0.25, 0.3) is 11.7 Å².